The van der Waals surface area contributed by atoms with Gasteiger partial charge in [0, 0.05) is 0 Å². The standard InChI is InChI=1S/2C11H23P.CH4.2CH3.Fe/c2*1-9(2)12(10(3)4)11-7-5-6-8-11;;;;/h2*9-11H,5-8H2,1-4H3;1H4;2*1H3;/q;;;2*-1;+2. The van der Waals surface area contributed by atoms with Crippen LogP contribution in [-0.2, 0) is 17.1 Å². The zero-order valence-electron chi connectivity index (χ0n) is 20.4. The van der Waals surface area contributed by atoms with Crippen molar-refractivity contribution in [2.45, 2.75) is 148 Å². The Morgan fingerprint density at radius 3 is 0.821 bits per heavy atom. The molecule has 0 nitrogen and oxygen atoms in total. The molecule has 0 N–H and O–H groups in total. The Morgan fingerprint density at radius 2 is 0.679 bits per heavy atom. The van der Waals surface area contributed by atoms with Crippen LogP contribution in [0.1, 0.15) is 114 Å². The maximum atomic E-state index is 2.42. The summed E-state index contributed by atoms with van der Waals surface area (Å²) in [6, 6.07) is 0. The van der Waals surface area contributed by atoms with Crippen LogP contribution in [-0.4, -0.2) is 34.0 Å². The van der Waals surface area contributed by atoms with Crippen molar-refractivity contribution >= 4 is 15.8 Å². The molecule has 0 aromatic heterocycles. The topological polar surface area (TPSA) is 0 Å². The predicted molar refractivity (Wildman–Crippen MR) is 138 cm³/mol. The van der Waals surface area contributed by atoms with Crippen molar-refractivity contribution in [2.24, 2.45) is 0 Å². The summed E-state index contributed by atoms with van der Waals surface area (Å²) in [4.78, 5) is 0. The summed E-state index contributed by atoms with van der Waals surface area (Å²) in [5.41, 5.74) is 6.01. The summed E-state index contributed by atoms with van der Waals surface area (Å²) >= 11 is 0. The molecule has 0 amide bonds. The van der Waals surface area contributed by atoms with Gasteiger partial charge in [-0.05, 0) is 59.6 Å². The van der Waals surface area contributed by atoms with Crippen molar-refractivity contribution in [3.8, 4) is 0 Å². The summed E-state index contributed by atoms with van der Waals surface area (Å²) < 4.78 is 0. The molecule has 0 radical (unpaired) electrons. The molecule has 0 unspecified atom stereocenters. The molecular formula is C25H56FeP2. The smallest absolute Gasteiger partial charge is 0.358 e. The first kappa shape index (κ1) is 36.7. The fourth-order valence-electron chi connectivity index (χ4n) is 5.28. The van der Waals surface area contributed by atoms with Gasteiger partial charge in [0.1, 0.15) is 0 Å². The van der Waals surface area contributed by atoms with Gasteiger partial charge in [-0.25, -0.2) is 0 Å². The van der Waals surface area contributed by atoms with Crippen LogP contribution in [0, 0.1) is 14.9 Å². The van der Waals surface area contributed by atoms with E-state index < -0.39 is 0 Å². The van der Waals surface area contributed by atoms with Crippen LogP contribution < -0.4 is 0 Å². The number of hydrogen-bond acceptors (Lipinski definition) is 0. The zero-order valence-corrected chi connectivity index (χ0v) is 23.3. The van der Waals surface area contributed by atoms with Crippen molar-refractivity contribution in [1.82, 2.24) is 0 Å². The van der Waals surface area contributed by atoms with Crippen LogP contribution in [0.15, 0.2) is 0 Å². The van der Waals surface area contributed by atoms with Gasteiger partial charge in [-0.3, -0.25) is 0 Å². The summed E-state index contributed by atoms with van der Waals surface area (Å²) in [6.45, 7) is 19.4. The Kier molecular flexibility index (Phi) is 25.1. The Morgan fingerprint density at radius 1 is 0.500 bits per heavy atom. The largest absolute Gasteiger partial charge is 2.00 e. The van der Waals surface area contributed by atoms with Crippen LogP contribution in [0.2, 0.25) is 0 Å². The van der Waals surface area contributed by atoms with E-state index in [9.17, 15) is 0 Å². The summed E-state index contributed by atoms with van der Waals surface area (Å²) in [5, 5.41) is 0. The third-order valence-corrected chi connectivity index (χ3v) is 13.4. The zero-order chi connectivity index (χ0) is 18.3. The van der Waals surface area contributed by atoms with Gasteiger partial charge < -0.3 is 14.9 Å². The second kappa shape index (κ2) is 19.1. The molecule has 3 heteroatoms. The van der Waals surface area contributed by atoms with Crippen LogP contribution in [0.25, 0.3) is 0 Å². The first-order valence-corrected chi connectivity index (χ1v) is 13.9. The quantitative estimate of drug-likeness (QED) is 0.204. The third-order valence-electron chi connectivity index (χ3n) is 5.88. The molecule has 174 valence electrons. The normalized spacial score (nSPS) is 17.4. The molecule has 28 heavy (non-hydrogen) atoms. The second-order valence-corrected chi connectivity index (χ2v) is 16.5. The number of rotatable bonds is 6. The summed E-state index contributed by atoms with van der Waals surface area (Å²) in [6.07, 6.45) is 12.1. The van der Waals surface area contributed by atoms with E-state index in [0.717, 1.165) is 34.0 Å². The van der Waals surface area contributed by atoms with Crippen LogP contribution >= 0.6 is 15.8 Å². The fourth-order valence-corrected chi connectivity index (χ4v) is 13.0. The maximum absolute atomic E-state index is 2.42. The van der Waals surface area contributed by atoms with Gasteiger partial charge >= 0.3 is 17.1 Å². The van der Waals surface area contributed by atoms with Gasteiger partial charge in [0.15, 0.2) is 0 Å². The van der Waals surface area contributed by atoms with Crippen molar-refractivity contribution in [2.75, 3.05) is 0 Å². The second-order valence-electron chi connectivity index (χ2n) is 9.15. The molecule has 0 atom stereocenters. The molecule has 0 saturated heterocycles. The van der Waals surface area contributed by atoms with Crippen LogP contribution in [0.4, 0.5) is 0 Å². The van der Waals surface area contributed by atoms with Crippen molar-refractivity contribution < 1.29 is 17.1 Å². The SMILES string of the molecule is C.CC(C)P(C(C)C)C1CCCC1.CC(C)P(C(C)C)C1CCCC1.[CH3-].[CH3-].[Fe+2]. The van der Waals surface area contributed by atoms with E-state index in [1.54, 1.807) is 0 Å². The van der Waals surface area contributed by atoms with E-state index in [2.05, 4.69) is 55.4 Å². The van der Waals surface area contributed by atoms with E-state index in [0.29, 0.717) is 15.8 Å². The van der Waals surface area contributed by atoms with Crippen LogP contribution in [0.3, 0.4) is 0 Å². The fraction of sp³-hybridized carbons (Fsp3) is 0.920. The minimum absolute atomic E-state index is 0. The van der Waals surface area contributed by atoms with Gasteiger partial charge in [0.2, 0.25) is 0 Å². The molecule has 2 rings (SSSR count). The molecule has 2 aliphatic carbocycles. The van der Waals surface area contributed by atoms with Crippen LogP contribution in [0.5, 0.6) is 0 Å². The molecule has 2 saturated carbocycles. The van der Waals surface area contributed by atoms with Crippen molar-refractivity contribution in [1.29, 1.82) is 0 Å². The molecule has 0 aliphatic heterocycles. The molecule has 0 heterocycles. The van der Waals surface area contributed by atoms with Gasteiger partial charge in [-0.2, -0.15) is 0 Å². The Bertz CT molecular complexity index is 269. The van der Waals surface area contributed by atoms with Crippen molar-refractivity contribution in [3.05, 3.63) is 14.9 Å². The Hall–Kier alpha value is 1.38. The first-order valence-electron chi connectivity index (χ1n) is 10.8. The molecule has 0 spiro atoms. The van der Waals surface area contributed by atoms with Gasteiger partial charge in [0.05, 0.1) is 0 Å². The minimum atomic E-state index is 0. The van der Waals surface area contributed by atoms with E-state index in [1.165, 1.54) is 51.4 Å². The van der Waals surface area contributed by atoms with Gasteiger partial charge in [-0.1, -0.05) is 104 Å². The Labute approximate surface area is 195 Å². The molecule has 0 aromatic carbocycles. The molecular weight excluding hydrogens is 418 g/mol. The van der Waals surface area contributed by atoms with Gasteiger partial charge in [-0.15, -0.1) is 0 Å². The maximum Gasteiger partial charge on any atom is 2.00 e. The summed E-state index contributed by atoms with van der Waals surface area (Å²) in [7, 11) is 0.640. The summed E-state index contributed by atoms with van der Waals surface area (Å²) in [5.74, 6) is 0. The average molecular weight is 475 g/mol. The van der Waals surface area contributed by atoms with Gasteiger partial charge in [0.25, 0.3) is 0 Å². The van der Waals surface area contributed by atoms with Crippen molar-refractivity contribution in [3.63, 3.8) is 0 Å². The van der Waals surface area contributed by atoms with E-state index in [-0.39, 0.29) is 39.3 Å². The van der Waals surface area contributed by atoms with E-state index in [1.807, 2.05) is 0 Å². The molecule has 2 aliphatic rings. The first-order chi connectivity index (χ1) is 11.3. The monoisotopic (exact) mass is 474 g/mol. The minimum Gasteiger partial charge on any atom is -0.358 e. The van der Waals surface area contributed by atoms with E-state index >= 15 is 0 Å². The molecule has 2 fully saturated rings. The molecule has 0 aromatic rings. The predicted octanol–water partition coefficient (Wildman–Crippen LogP) is 9.99. The third kappa shape index (κ3) is 12.3. The average Bonchev–Trinajstić information content (AvgIpc) is 3.11. The van der Waals surface area contributed by atoms with E-state index in [4.69, 9.17) is 0 Å². The Balaban J connectivity index is -0.000000180. The number of hydrogen-bond donors (Lipinski definition) is 0. The molecule has 0 bridgehead atoms.